The van der Waals surface area contributed by atoms with Crippen LogP contribution in [0.4, 0.5) is 4.39 Å². The average molecular weight is 489 g/mol. The number of hydrogen-bond acceptors (Lipinski definition) is 9. The molecule has 3 atom stereocenters. The Morgan fingerprint density at radius 2 is 2.00 bits per heavy atom. The number of aliphatic imine (C=N–C) groups is 1. The first-order valence-electron chi connectivity index (χ1n) is 11.1. The lowest BCUT2D eigenvalue weighted by molar-refractivity contribution is 0.0986. The van der Waals surface area contributed by atoms with Gasteiger partial charge in [0.1, 0.15) is 33.3 Å². The summed E-state index contributed by atoms with van der Waals surface area (Å²) in [5.41, 5.74) is 5.54. The number of pyridine rings is 1. The highest BCUT2D eigenvalue weighted by Crippen LogP contribution is 2.46. The quantitative estimate of drug-likeness (QED) is 0.640. The third-order valence-corrected chi connectivity index (χ3v) is 10.4. The van der Waals surface area contributed by atoms with E-state index in [1.54, 1.807) is 20.8 Å². The van der Waals surface area contributed by atoms with Crippen molar-refractivity contribution in [1.82, 2.24) is 15.0 Å². The van der Waals surface area contributed by atoms with Crippen LogP contribution in [0.2, 0.25) is 0 Å². The Morgan fingerprint density at radius 1 is 1.24 bits per heavy atom. The monoisotopic (exact) mass is 488 g/mol. The number of hydrogen-bond donors (Lipinski definition) is 1. The van der Waals surface area contributed by atoms with Gasteiger partial charge in [-0.15, -0.1) is 0 Å². The van der Waals surface area contributed by atoms with Crippen molar-refractivity contribution in [3.05, 3.63) is 47.4 Å². The van der Waals surface area contributed by atoms with Crippen molar-refractivity contribution >= 4 is 21.3 Å². The van der Waals surface area contributed by atoms with Crippen LogP contribution in [0.5, 0.6) is 5.88 Å². The molecule has 0 saturated heterocycles. The third-order valence-electron chi connectivity index (χ3n) is 6.72. The fourth-order valence-electron chi connectivity index (χ4n) is 4.57. The maximum atomic E-state index is 15.2. The van der Waals surface area contributed by atoms with Crippen LogP contribution in [0.3, 0.4) is 0 Å². The van der Waals surface area contributed by atoms with Crippen molar-refractivity contribution in [2.45, 2.75) is 62.0 Å². The van der Waals surface area contributed by atoms with Gasteiger partial charge >= 0.3 is 0 Å². The molecule has 2 N–H and O–H groups in total. The van der Waals surface area contributed by atoms with E-state index in [0.29, 0.717) is 24.5 Å². The molecule has 2 aliphatic rings. The van der Waals surface area contributed by atoms with E-state index in [1.165, 1.54) is 31.6 Å². The van der Waals surface area contributed by atoms with E-state index in [2.05, 4.69) is 19.3 Å². The molecular weight excluding hydrogens is 459 g/mol. The Labute approximate surface area is 198 Å². The van der Waals surface area contributed by atoms with Gasteiger partial charge in [-0.25, -0.2) is 22.9 Å². The van der Waals surface area contributed by atoms with Gasteiger partial charge in [0.05, 0.1) is 40.9 Å². The number of aromatic nitrogens is 3. The van der Waals surface area contributed by atoms with Crippen LogP contribution in [0.1, 0.15) is 61.9 Å². The van der Waals surface area contributed by atoms with Gasteiger partial charge in [-0.2, -0.15) is 0 Å². The van der Waals surface area contributed by atoms with Crippen molar-refractivity contribution in [3.8, 4) is 5.88 Å². The van der Waals surface area contributed by atoms with E-state index in [4.69, 9.17) is 15.5 Å². The summed E-state index contributed by atoms with van der Waals surface area (Å²) < 4.78 is 38.2. The highest BCUT2D eigenvalue weighted by atomic mass is 32.2. The lowest BCUT2D eigenvalue weighted by Crippen LogP contribution is -2.59. The van der Waals surface area contributed by atoms with Gasteiger partial charge in [0.25, 0.3) is 0 Å². The zero-order valence-corrected chi connectivity index (χ0v) is 20.6. The van der Waals surface area contributed by atoms with Crippen LogP contribution in [0.15, 0.2) is 33.9 Å². The minimum atomic E-state index is -2.89. The maximum absolute atomic E-state index is 15.2. The Hall–Kier alpha value is -2.95. The molecule has 0 spiro atoms. The first kappa shape index (κ1) is 24.2. The summed E-state index contributed by atoms with van der Waals surface area (Å²) in [6, 6.07) is 2.71. The number of carbonyl (C=O) groups excluding carboxylic acids is 1. The van der Waals surface area contributed by atoms with Crippen molar-refractivity contribution < 1.29 is 18.1 Å². The summed E-state index contributed by atoms with van der Waals surface area (Å²) in [7, 11) is -1.43. The molecule has 0 aromatic carbocycles. The number of nitrogens with zero attached hydrogens (tertiary/aromatic N) is 5. The van der Waals surface area contributed by atoms with Crippen LogP contribution in [0.25, 0.3) is 0 Å². The fraction of sp³-hybridized carbons (Fsp3) is 0.522. The zero-order valence-electron chi connectivity index (χ0n) is 19.7. The Morgan fingerprint density at radius 3 is 2.68 bits per heavy atom. The molecule has 0 saturated carbocycles. The number of ether oxygens (including phenoxy) is 1. The predicted octanol–water partition coefficient (Wildman–Crippen LogP) is 2.83. The van der Waals surface area contributed by atoms with Gasteiger partial charge in [0.2, 0.25) is 5.88 Å². The van der Waals surface area contributed by atoms with Crippen LogP contribution in [-0.4, -0.2) is 54.4 Å². The molecule has 0 aliphatic carbocycles. The number of fused-ring (bicyclic) bond motifs is 1. The zero-order chi connectivity index (χ0) is 24.7. The summed E-state index contributed by atoms with van der Waals surface area (Å²) in [6.45, 7) is 5.75. The minimum Gasteiger partial charge on any atom is -0.480 e. The molecule has 4 heterocycles. The van der Waals surface area contributed by atoms with Crippen molar-refractivity contribution in [3.63, 3.8) is 0 Å². The molecule has 0 radical (unpaired) electrons. The van der Waals surface area contributed by atoms with E-state index in [9.17, 15) is 9.00 Å². The van der Waals surface area contributed by atoms with E-state index in [-0.39, 0.29) is 29.4 Å². The van der Waals surface area contributed by atoms with E-state index < -0.39 is 31.1 Å². The summed E-state index contributed by atoms with van der Waals surface area (Å²) in [5, 5.41) is -0.565. The molecular formula is C23H29FN6O3S. The lowest BCUT2D eigenvalue weighted by atomic mass is 9.88. The maximum Gasteiger partial charge on any atom is 0.232 e. The number of methoxy groups -OCH3 is 1. The van der Waals surface area contributed by atoms with Crippen LogP contribution < -0.4 is 10.5 Å². The number of nitrogens with two attached hydrogens (primary N) is 1. The molecule has 2 aliphatic heterocycles. The summed E-state index contributed by atoms with van der Waals surface area (Å²) in [5.74, 6) is -0.463. The van der Waals surface area contributed by atoms with Gasteiger partial charge in [0, 0.05) is 12.2 Å². The molecule has 2 aromatic heterocycles. The number of carbonyl (C=O) groups is 1. The molecule has 34 heavy (non-hydrogen) atoms. The van der Waals surface area contributed by atoms with Crippen molar-refractivity contribution in [2.24, 2.45) is 15.1 Å². The number of rotatable bonds is 5. The van der Waals surface area contributed by atoms with E-state index >= 15 is 4.39 Å². The second-order valence-corrected chi connectivity index (χ2v) is 12.2. The second kappa shape index (κ2) is 8.68. The molecule has 0 unspecified atom stereocenters. The minimum absolute atomic E-state index is 0.0203. The average Bonchev–Trinajstić information content (AvgIpc) is 3.02. The number of Topliss-reactive ketones (excluding diaryl/α,β-unsaturated/α-hetero) is 1. The van der Waals surface area contributed by atoms with Crippen LogP contribution in [0, 0.1) is 5.82 Å². The topological polar surface area (TPSA) is 133 Å². The van der Waals surface area contributed by atoms with Gasteiger partial charge in [0.15, 0.2) is 5.78 Å². The number of halogens is 1. The molecule has 4 rings (SSSR count). The van der Waals surface area contributed by atoms with Gasteiger partial charge in [-0.3, -0.25) is 14.8 Å². The summed E-state index contributed by atoms with van der Waals surface area (Å²) >= 11 is 0. The molecule has 0 amide bonds. The molecule has 0 bridgehead atoms. The highest BCUT2D eigenvalue weighted by Gasteiger charge is 2.56. The SMILES string of the molecule is COc1cnc(C(=O)Cc2ccc(F)c([C@@]3(C)N=C(N)C(C)(C)[S@]4(=O)=NCCCC[C@H]34)n2)cn1. The predicted molar refractivity (Wildman–Crippen MR) is 127 cm³/mol. The molecule has 2 aromatic rings. The largest absolute Gasteiger partial charge is 0.480 e. The molecule has 11 heteroatoms. The smallest absolute Gasteiger partial charge is 0.232 e. The highest BCUT2D eigenvalue weighted by molar-refractivity contribution is 7.96. The van der Waals surface area contributed by atoms with Gasteiger partial charge < -0.3 is 10.5 Å². The number of amidine groups is 1. The van der Waals surface area contributed by atoms with E-state index in [0.717, 1.165) is 12.8 Å². The van der Waals surface area contributed by atoms with Crippen LogP contribution in [-0.2, 0) is 21.7 Å². The Kier molecular flexibility index (Phi) is 6.17. The van der Waals surface area contributed by atoms with Gasteiger partial charge in [-0.05, 0) is 45.7 Å². The fourth-order valence-corrected chi connectivity index (χ4v) is 7.80. The summed E-state index contributed by atoms with van der Waals surface area (Å²) in [6.07, 6.45) is 4.72. The standard InChI is InChI=1S/C23H29FN6O3S/c1-22(2)21(25)30-23(3,18-7-5-6-10-28-34(18,22)32)20-15(24)9-8-14(29-20)11-17(31)16-12-27-19(33-4)13-26-16/h8-9,12-13,18H,5-7,10-11H2,1-4H3,(H2,25,30)/t18-,23+,34+/m1/s1. The first-order chi connectivity index (χ1) is 16.0. The molecule has 182 valence electrons. The Balaban J connectivity index is 1.76. The Bertz CT molecular complexity index is 1270. The van der Waals surface area contributed by atoms with Crippen LogP contribution >= 0.6 is 0 Å². The second-order valence-electron chi connectivity index (χ2n) is 9.24. The lowest BCUT2D eigenvalue weighted by Gasteiger charge is -2.46. The molecule has 9 nitrogen and oxygen atoms in total. The first-order valence-corrected chi connectivity index (χ1v) is 12.7. The normalized spacial score (nSPS) is 28.1. The number of ketones is 1. The van der Waals surface area contributed by atoms with Crippen molar-refractivity contribution in [2.75, 3.05) is 13.7 Å². The third kappa shape index (κ3) is 3.85. The van der Waals surface area contributed by atoms with Gasteiger partial charge in [-0.1, -0.05) is 6.42 Å². The van der Waals surface area contributed by atoms with Crippen molar-refractivity contribution in [1.29, 1.82) is 0 Å². The van der Waals surface area contributed by atoms with E-state index in [1.807, 2.05) is 0 Å². The molecule has 0 fully saturated rings. The summed E-state index contributed by atoms with van der Waals surface area (Å²) in [4.78, 5) is 30.0.